The summed E-state index contributed by atoms with van der Waals surface area (Å²) in [5.41, 5.74) is 0.700. The van der Waals surface area contributed by atoms with E-state index in [9.17, 15) is 4.39 Å². The van der Waals surface area contributed by atoms with E-state index in [0.29, 0.717) is 17.9 Å². The third-order valence-corrected chi connectivity index (χ3v) is 2.99. The van der Waals surface area contributed by atoms with Crippen LogP contribution in [0.4, 0.5) is 4.39 Å². The van der Waals surface area contributed by atoms with Crippen molar-refractivity contribution in [3.63, 3.8) is 0 Å². The number of halogens is 2. The predicted octanol–water partition coefficient (Wildman–Crippen LogP) is 3.42. The molecule has 1 atom stereocenters. The van der Waals surface area contributed by atoms with Gasteiger partial charge in [-0.2, -0.15) is 0 Å². The van der Waals surface area contributed by atoms with E-state index in [1.807, 2.05) is 0 Å². The Balaban J connectivity index is 2.50. The number of hydrogen-bond donors (Lipinski definition) is 0. The van der Waals surface area contributed by atoms with Gasteiger partial charge < -0.3 is 0 Å². The fraction of sp³-hybridized carbons (Fsp3) is 0.545. The molecule has 1 rings (SSSR count). The summed E-state index contributed by atoms with van der Waals surface area (Å²) < 4.78 is 13.1. The Bertz CT molecular complexity index is 288. The molecule has 0 spiro atoms. The van der Waals surface area contributed by atoms with Gasteiger partial charge >= 0.3 is 0 Å². The van der Waals surface area contributed by atoms with Crippen molar-refractivity contribution in [2.45, 2.75) is 32.1 Å². The van der Waals surface area contributed by atoms with E-state index in [4.69, 9.17) is 11.6 Å². The van der Waals surface area contributed by atoms with Crippen LogP contribution in [-0.2, 0) is 6.42 Å². The second-order valence-electron chi connectivity index (χ2n) is 3.77. The van der Waals surface area contributed by atoms with Crippen molar-refractivity contribution in [1.29, 1.82) is 0 Å². The molecule has 0 N–H and O–H groups in total. The third kappa shape index (κ3) is 3.26. The van der Waals surface area contributed by atoms with E-state index < -0.39 is 0 Å². The molecule has 3 heteroatoms. The molecule has 1 unspecified atom stereocenters. The first-order valence-electron chi connectivity index (χ1n) is 4.83. The summed E-state index contributed by atoms with van der Waals surface area (Å²) in [5, 5.41) is 0.113. The lowest BCUT2D eigenvalue weighted by Crippen LogP contribution is -2.09. The SMILES string of the molecule is CC(C)C(Cl)CCc1ccncc1F. The average molecular weight is 216 g/mol. The lowest BCUT2D eigenvalue weighted by atomic mass is 10.0. The van der Waals surface area contributed by atoms with Gasteiger partial charge in [0.1, 0.15) is 5.82 Å². The molecule has 0 aliphatic rings. The number of aromatic nitrogens is 1. The number of hydrogen-bond acceptors (Lipinski definition) is 1. The molecule has 0 radical (unpaired) electrons. The Hall–Kier alpha value is -0.630. The van der Waals surface area contributed by atoms with Crippen LogP contribution < -0.4 is 0 Å². The summed E-state index contributed by atoms with van der Waals surface area (Å²) in [6.07, 6.45) is 4.34. The van der Waals surface area contributed by atoms with Crippen molar-refractivity contribution >= 4 is 11.6 Å². The van der Waals surface area contributed by atoms with E-state index >= 15 is 0 Å². The molecular weight excluding hydrogens is 201 g/mol. The zero-order chi connectivity index (χ0) is 10.6. The van der Waals surface area contributed by atoms with Crippen LogP contribution >= 0.6 is 11.6 Å². The zero-order valence-electron chi connectivity index (χ0n) is 8.50. The predicted molar refractivity (Wildman–Crippen MR) is 57.0 cm³/mol. The van der Waals surface area contributed by atoms with Gasteiger partial charge in [0.15, 0.2) is 0 Å². The summed E-state index contributed by atoms with van der Waals surface area (Å²) in [7, 11) is 0. The Morgan fingerprint density at radius 1 is 1.50 bits per heavy atom. The van der Waals surface area contributed by atoms with Gasteiger partial charge in [0.25, 0.3) is 0 Å². The van der Waals surface area contributed by atoms with Crippen molar-refractivity contribution in [3.8, 4) is 0 Å². The maximum Gasteiger partial charge on any atom is 0.144 e. The fourth-order valence-electron chi connectivity index (χ4n) is 1.23. The fourth-order valence-corrected chi connectivity index (χ4v) is 1.34. The molecule has 1 nitrogen and oxygen atoms in total. The van der Waals surface area contributed by atoms with Gasteiger partial charge in [0.2, 0.25) is 0 Å². The highest BCUT2D eigenvalue weighted by molar-refractivity contribution is 6.20. The zero-order valence-corrected chi connectivity index (χ0v) is 9.26. The monoisotopic (exact) mass is 215 g/mol. The topological polar surface area (TPSA) is 12.9 Å². The number of nitrogens with zero attached hydrogens (tertiary/aromatic N) is 1. The summed E-state index contributed by atoms with van der Waals surface area (Å²) in [6, 6.07) is 1.71. The van der Waals surface area contributed by atoms with Crippen molar-refractivity contribution < 1.29 is 4.39 Å². The quantitative estimate of drug-likeness (QED) is 0.702. The van der Waals surface area contributed by atoms with E-state index in [-0.39, 0.29) is 11.2 Å². The Kier molecular flexibility index (Phi) is 4.33. The molecule has 78 valence electrons. The molecule has 0 fully saturated rings. The van der Waals surface area contributed by atoms with Gasteiger partial charge in [0, 0.05) is 11.6 Å². The van der Waals surface area contributed by atoms with Gasteiger partial charge in [-0.15, -0.1) is 11.6 Å². The molecule has 0 aromatic carbocycles. The summed E-state index contributed by atoms with van der Waals surface area (Å²) >= 11 is 6.08. The normalized spacial score (nSPS) is 13.2. The molecule has 1 aromatic rings. The first-order valence-corrected chi connectivity index (χ1v) is 5.27. The van der Waals surface area contributed by atoms with E-state index in [1.165, 1.54) is 6.20 Å². The highest BCUT2D eigenvalue weighted by atomic mass is 35.5. The molecule has 0 saturated carbocycles. The van der Waals surface area contributed by atoms with Gasteiger partial charge in [-0.3, -0.25) is 4.98 Å². The Morgan fingerprint density at radius 3 is 2.79 bits per heavy atom. The van der Waals surface area contributed by atoms with E-state index in [0.717, 1.165) is 6.42 Å². The molecule has 0 saturated heterocycles. The summed E-state index contributed by atoms with van der Waals surface area (Å²) in [4.78, 5) is 3.70. The minimum Gasteiger partial charge on any atom is -0.262 e. The Labute approximate surface area is 89.3 Å². The lowest BCUT2D eigenvalue weighted by Gasteiger charge is -2.12. The summed E-state index contributed by atoms with van der Waals surface area (Å²) in [6.45, 7) is 4.14. The second kappa shape index (κ2) is 5.30. The lowest BCUT2D eigenvalue weighted by molar-refractivity contribution is 0.549. The van der Waals surface area contributed by atoms with Crippen LogP contribution in [0.1, 0.15) is 25.8 Å². The average Bonchev–Trinajstić information content (AvgIpc) is 2.16. The van der Waals surface area contributed by atoms with E-state index in [2.05, 4.69) is 18.8 Å². The van der Waals surface area contributed by atoms with Gasteiger partial charge in [-0.25, -0.2) is 4.39 Å². The minimum atomic E-state index is -0.236. The number of alkyl halides is 1. The number of pyridine rings is 1. The first kappa shape index (κ1) is 11.4. The largest absolute Gasteiger partial charge is 0.262 e. The van der Waals surface area contributed by atoms with Crippen molar-refractivity contribution in [2.24, 2.45) is 5.92 Å². The van der Waals surface area contributed by atoms with Crippen LogP contribution in [0.3, 0.4) is 0 Å². The van der Waals surface area contributed by atoms with Gasteiger partial charge in [0.05, 0.1) is 6.20 Å². The molecular formula is C11H15ClFN. The number of aryl methyl sites for hydroxylation is 1. The van der Waals surface area contributed by atoms with Crippen LogP contribution in [0.15, 0.2) is 18.5 Å². The molecule has 14 heavy (non-hydrogen) atoms. The van der Waals surface area contributed by atoms with Crippen molar-refractivity contribution in [1.82, 2.24) is 4.98 Å². The van der Waals surface area contributed by atoms with Crippen LogP contribution in [0.25, 0.3) is 0 Å². The smallest absolute Gasteiger partial charge is 0.144 e. The maximum absolute atomic E-state index is 13.1. The van der Waals surface area contributed by atoms with Crippen LogP contribution in [0.5, 0.6) is 0 Å². The van der Waals surface area contributed by atoms with Crippen LogP contribution in [-0.4, -0.2) is 10.4 Å². The number of rotatable bonds is 4. The standard InChI is InChI=1S/C11H15ClFN/c1-8(2)10(12)4-3-9-5-6-14-7-11(9)13/h5-8,10H,3-4H2,1-2H3. The van der Waals surface area contributed by atoms with E-state index in [1.54, 1.807) is 12.3 Å². The van der Waals surface area contributed by atoms with Gasteiger partial charge in [-0.1, -0.05) is 13.8 Å². The molecule has 1 heterocycles. The second-order valence-corrected chi connectivity index (χ2v) is 4.33. The maximum atomic E-state index is 13.1. The van der Waals surface area contributed by atoms with Crippen molar-refractivity contribution in [2.75, 3.05) is 0 Å². The van der Waals surface area contributed by atoms with Crippen LogP contribution in [0.2, 0.25) is 0 Å². The van der Waals surface area contributed by atoms with Crippen molar-refractivity contribution in [3.05, 3.63) is 29.8 Å². The summed E-state index contributed by atoms with van der Waals surface area (Å²) in [5.74, 6) is 0.196. The molecule has 0 aliphatic heterocycles. The molecule has 0 aliphatic carbocycles. The minimum absolute atomic E-state index is 0.113. The third-order valence-electron chi connectivity index (χ3n) is 2.27. The first-order chi connectivity index (χ1) is 6.61. The molecule has 0 bridgehead atoms. The van der Waals surface area contributed by atoms with Gasteiger partial charge in [-0.05, 0) is 30.4 Å². The molecule has 1 aromatic heterocycles. The Morgan fingerprint density at radius 2 is 2.21 bits per heavy atom. The van der Waals surface area contributed by atoms with Crippen LogP contribution in [0, 0.1) is 11.7 Å². The molecule has 0 amide bonds. The highest BCUT2D eigenvalue weighted by Gasteiger charge is 2.10. The highest BCUT2D eigenvalue weighted by Crippen LogP contribution is 2.17.